The number of primary amides is 1. The molecule has 1 rings (SSSR count). The second kappa shape index (κ2) is 12.2. The summed E-state index contributed by atoms with van der Waals surface area (Å²) in [4.78, 5) is 21.0. The second-order valence-electron chi connectivity index (χ2n) is 4.60. The van der Waals surface area contributed by atoms with E-state index in [0.29, 0.717) is 5.69 Å². The fourth-order valence-corrected chi connectivity index (χ4v) is 1.57. The Balaban J connectivity index is 0.000000396. The van der Waals surface area contributed by atoms with Gasteiger partial charge in [-0.25, -0.2) is 0 Å². The smallest absolute Gasteiger partial charge is 0.313 e. The molecule has 0 saturated heterocycles. The van der Waals surface area contributed by atoms with Gasteiger partial charge in [0.25, 0.3) is 0 Å². The third-order valence-corrected chi connectivity index (χ3v) is 2.71. The quantitative estimate of drug-likeness (QED) is 0.617. The summed E-state index contributed by atoms with van der Waals surface area (Å²) >= 11 is 0. The molecule has 0 fully saturated rings. The molecule has 1 aromatic carbocycles. The number of carbonyl (C=O) groups is 2. The molecule has 0 aliphatic carbocycles. The minimum Gasteiger partial charge on any atom is -0.361 e. The van der Waals surface area contributed by atoms with Crippen LogP contribution in [0.4, 0.5) is 5.69 Å². The van der Waals surface area contributed by atoms with Crippen LogP contribution in [-0.4, -0.2) is 11.8 Å². The highest BCUT2D eigenvalue weighted by atomic mass is 16.2. The molecule has 0 radical (unpaired) electrons. The Morgan fingerprint density at radius 1 is 0.950 bits per heavy atom. The first kappa shape index (κ1) is 18.2. The van der Waals surface area contributed by atoms with Crippen LogP contribution in [0, 0.1) is 0 Å². The number of hydrogen-bond acceptors (Lipinski definition) is 2. The number of unbranched alkanes of at least 4 members (excludes halogenated alkanes) is 5. The van der Waals surface area contributed by atoms with Crippen LogP contribution in [0.3, 0.4) is 0 Å². The molecule has 0 saturated carbocycles. The van der Waals surface area contributed by atoms with E-state index in [1.54, 1.807) is 30.3 Å². The third-order valence-electron chi connectivity index (χ3n) is 2.71. The van der Waals surface area contributed by atoms with E-state index in [9.17, 15) is 9.59 Å². The van der Waals surface area contributed by atoms with Crippen molar-refractivity contribution in [3.63, 3.8) is 0 Å². The highest BCUT2D eigenvalue weighted by Crippen LogP contribution is 2.04. The number of amides is 2. The standard InChI is InChI=1S/C8H8N2O2.C8H18/c9-7(11)8(12)10-6-4-2-1-3-5-6;1-3-5-7-8-6-4-2/h1-5H,(H2,9,11)(H,10,12);3-8H2,1-2H3. The molecule has 4 heteroatoms. The van der Waals surface area contributed by atoms with Crippen LogP contribution in [0.1, 0.15) is 52.4 Å². The average Bonchev–Trinajstić information content (AvgIpc) is 2.45. The van der Waals surface area contributed by atoms with Gasteiger partial charge >= 0.3 is 11.8 Å². The Morgan fingerprint density at radius 2 is 1.45 bits per heavy atom. The van der Waals surface area contributed by atoms with Crippen molar-refractivity contribution in [2.75, 3.05) is 5.32 Å². The van der Waals surface area contributed by atoms with E-state index in [4.69, 9.17) is 5.73 Å². The van der Waals surface area contributed by atoms with Crippen molar-refractivity contribution in [2.45, 2.75) is 52.4 Å². The number of carbonyl (C=O) groups excluding carboxylic acids is 2. The minimum absolute atomic E-state index is 0.557. The van der Waals surface area contributed by atoms with Gasteiger partial charge in [-0.15, -0.1) is 0 Å². The summed E-state index contributed by atoms with van der Waals surface area (Å²) in [5, 5.41) is 2.33. The van der Waals surface area contributed by atoms with Crippen LogP contribution in [-0.2, 0) is 9.59 Å². The molecule has 0 bridgehead atoms. The summed E-state index contributed by atoms with van der Waals surface area (Å²) in [7, 11) is 0. The zero-order valence-corrected chi connectivity index (χ0v) is 12.5. The number of nitrogens with two attached hydrogens (primary N) is 1. The van der Waals surface area contributed by atoms with E-state index in [-0.39, 0.29) is 0 Å². The summed E-state index contributed by atoms with van der Waals surface area (Å²) in [6.45, 7) is 4.51. The number of rotatable bonds is 6. The van der Waals surface area contributed by atoms with Gasteiger partial charge in [0, 0.05) is 5.69 Å². The van der Waals surface area contributed by atoms with E-state index in [0.717, 1.165) is 0 Å². The summed E-state index contributed by atoms with van der Waals surface area (Å²) < 4.78 is 0. The zero-order valence-electron chi connectivity index (χ0n) is 12.5. The maximum absolute atomic E-state index is 10.7. The van der Waals surface area contributed by atoms with Gasteiger partial charge in [0.15, 0.2) is 0 Å². The molecular formula is C16H26N2O2. The van der Waals surface area contributed by atoms with Gasteiger partial charge in [0.05, 0.1) is 0 Å². The molecule has 0 atom stereocenters. The van der Waals surface area contributed by atoms with Crippen LogP contribution in [0.25, 0.3) is 0 Å². The monoisotopic (exact) mass is 278 g/mol. The molecular weight excluding hydrogens is 252 g/mol. The predicted octanol–water partition coefficient (Wildman–Crippen LogP) is 3.48. The fourth-order valence-electron chi connectivity index (χ4n) is 1.57. The van der Waals surface area contributed by atoms with Crippen LogP contribution in [0.2, 0.25) is 0 Å². The van der Waals surface area contributed by atoms with Crippen molar-refractivity contribution >= 4 is 17.5 Å². The second-order valence-corrected chi connectivity index (χ2v) is 4.60. The average molecular weight is 278 g/mol. The van der Waals surface area contributed by atoms with Crippen molar-refractivity contribution in [1.29, 1.82) is 0 Å². The number of benzene rings is 1. The van der Waals surface area contributed by atoms with Crippen LogP contribution in [0.15, 0.2) is 30.3 Å². The first-order chi connectivity index (χ1) is 9.61. The number of hydrogen-bond donors (Lipinski definition) is 2. The largest absolute Gasteiger partial charge is 0.361 e. The third kappa shape index (κ3) is 10.1. The van der Waals surface area contributed by atoms with Gasteiger partial charge in [-0.2, -0.15) is 0 Å². The van der Waals surface area contributed by atoms with E-state index < -0.39 is 11.8 Å². The van der Waals surface area contributed by atoms with Crippen LogP contribution in [0.5, 0.6) is 0 Å². The lowest BCUT2D eigenvalue weighted by molar-refractivity contribution is -0.134. The zero-order chi connectivity index (χ0) is 15.2. The number of anilines is 1. The summed E-state index contributed by atoms with van der Waals surface area (Å²) in [5.41, 5.74) is 5.29. The normalized spacial score (nSPS) is 9.30. The van der Waals surface area contributed by atoms with E-state index in [1.807, 2.05) is 0 Å². The summed E-state index contributed by atoms with van der Waals surface area (Å²) in [5.74, 6) is -1.79. The fraction of sp³-hybridized carbons (Fsp3) is 0.500. The van der Waals surface area contributed by atoms with Gasteiger partial charge < -0.3 is 11.1 Å². The van der Waals surface area contributed by atoms with Gasteiger partial charge in [-0.05, 0) is 12.1 Å². The first-order valence-electron chi connectivity index (χ1n) is 7.27. The molecule has 0 heterocycles. The van der Waals surface area contributed by atoms with Gasteiger partial charge in [-0.3, -0.25) is 9.59 Å². The molecule has 0 aliphatic heterocycles. The lowest BCUT2D eigenvalue weighted by atomic mass is 10.1. The molecule has 4 nitrogen and oxygen atoms in total. The lowest BCUT2D eigenvalue weighted by Gasteiger charge is -1.99. The van der Waals surface area contributed by atoms with Gasteiger partial charge in [0.2, 0.25) is 0 Å². The Hall–Kier alpha value is -1.84. The lowest BCUT2D eigenvalue weighted by Crippen LogP contribution is -2.29. The Bertz CT molecular complexity index is 371. The minimum atomic E-state index is -0.987. The highest BCUT2D eigenvalue weighted by molar-refractivity contribution is 6.39. The molecule has 112 valence electrons. The van der Waals surface area contributed by atoms with E-state index in [2.05, 4.69) is 19.2 Å². The van der Waals surface area contributed by atoms with Gasteiger partial charge in [0.1, 0.15) is 0 Å². The number of para-hydroxylation sites is 1. The summed E-state index contributed by atoms with van der Waals surface area (Å²) in [6, 6.07) is 8.63. The topological polar surface area (TPSA) is 72.2 Å². The number of nitrogens with one attached hydrogen (secondary N) is 1. The Morgan fingerprint density at radius 3 is 1.85 bits per heavy atom. The molecule has 20 heavy (non-hydrogen) atoms. The maximum Gasteiger partial charge on any atom is 0.313 e. The molecule has 0 unspecified atom stereocenters. The summed E-state index contributed by atoms with van der Waals surface area (Å²) in [6.07, 6.45) is 8.49. The van der Waals surface area contributed by atoms with Crippen molar-refractivity contribution in [3.8, 4) is 0 Å². The molecule has 3 N–H and O–H groups in total. The Labute approximate surface area is 121 Å². The maximum atomic E-state index is 10.7. The first-order valence-corrected chi connectivity index (χ1v) is 7.27. The van der Waals surface area contributed by atoms with Crippen molar-refractivity contribution in [1.82, 2.24) is 0 Å². The van der Waals surface area contributed by atoms with Crippen LogP contribution >= 0.6 is 0 Å². The molecule has 0 aliphatic rings. The van der Waals surface area contributed by atoms with Crippen LogP contribution < -0.4 is 11.1 Å². The highest BCUT2D eigenvalue weighted by Gasteiger charge is 2.07. The van der Waals surface area contributed by atoms with Crippen molar-refractivity contribution < 1.29 is 9.59 Å². The molecule has 2 amide bonds. The Kier molecular flexibility index (Phi) is 11.1. The molecule has 0 spiro atoms. The van der Waals surface area contributed by atoms with Gasteiger partial charge in [-0.1, -0.05) is 70.6 Å². The van der Waals surface area contributed by atoms with E-state index >= 15 is 0 Å². The van der Waals surface area contributed by atoms with E-state index in [1.165, 1.54) is 38.5 Å². The molecule has 0 aromatic heterocycles. The van der Waals surface area contributed by atoms with Crippen molar-refractivity contribution in [3.05, 3.63) is 30.3 Å². The SMILES string of the molecule is CCCCCCCC.NC(=O)C(=O)Nc1ccccc1. The van der Waals surface area contributed by atoms with Crippen molar-refractivity contribution in [2.24, 2.45) is 5.73 Å². The molecule has 1 aromatic rings. The predicted molar refractivity (Wildman–Crippen MR) is 83.3 cm³/mol.